The maximum atomic E-state index is 13.7. The zero-order valence-corrected chi connectivity index (χ0v) is 21.5. The van der Waals surface area contributed by atoms with Gasteiger partial charge in [-0.2, -0.15) is 0 Å². The van der Waals surface area contributed by atoms with Crippen LogP contribution in [0, 0.1) is 5.92 Å². The average molecular weight is 504 g/mol. The summed E-state index contributed by atoms with van der Waals surface area (Å²) >= 11 is 0. The highest BCUT2D eigenvalue weighted by Crippen LogP contribution is 2.38. The minimum absolute atomic E-state index is 0.000949. The van der Waals surface area contributed by atoms with Crippen LogP contribution in [0.4, 0.5) is 0 Å². The normalized spacial score (nSPS) is 15.6. The monoisotopic (exact) mass is 503 g/mol. The second-order valence-electron chi connectivity index (χ2n) is 10.4. The molecule has 2 aromatic heterocycles. The minimum Gasteiger partial charge on any atom is -0.394 e. The van der Waals surface area contributed by atoms with Crippen LogP contribution >= 0.6 is 0 Å². The number of nitrogens with zero attached hydrogens (tertiary/aromatic N) is 2. The van der Waals surface area contributed by atoms with Crippen LogP contribution in [-0.4, -0.2) is 27.2 Å². The summed E-state index contributed by atoms with van der Waals surface area (Å²) in [7, 11) is 0. The predicted octanol–water partition coefficient (Wildman–Crippen LogP) is 6.36. The Morgan fingerprint density at radius 3 is 2.34 bits per heavy atom. The Labute approximate surface area is 223 Å². The highest BCUT2D eigenvalue weighted by atomic mass is 16.3. The molecule has 1 saturated carbocycles. The van der Waals surface area contributed by atoms with Crippen LogP contribution in [0.15, 0.2) is 97.2 Å². The van der Waals surface area contributed by atoms with Gasteiger partial charge < -0.3 is 15.0 Å². The third-order valence-corrected chi connectivity index (χ3v) is 8.06. The standard InChI is InChI=1S/C33H33N3O2/c37-22-28(24-9-2-1-3-10-24)35-33(38)31(25-11-4-5-12-25)26-18-16-23(17-19-26)21-36-29-14-7-6-13-27(29)32-30(36)15-8-20-34-32/h1-3,6-10,13-20,25,28,31,37H,4-5,11-12,21-22H2,(H,35,38). The molecule has 0 saturated heterocycles. The quantitative estimate of drug-likeness (QED) is 0.259. The Morgan fingerprint density at radius 1 is 0.868 bits per heavy atom. The number of aromatic nitrogens is 2. The molecular formula is C33H33N3O2. The molecule has 1 aliphatic carbocycles. The van der Waals surface area contributed by atoms with Crippen LogP contribution in [0.25, 0.3) is 21.9 Å². The maximum Gasteiger partial charge on any atom is 0.228 e. The number of aliphatic hydroxyl groups excluding tert-OH is 1. The molecule has 6 rings (SSSR count). The number of fused-ring (bicyclic) bond motifs is 3. The van der Waals surface area contributed by atoms with Crippen molar-refractivity contribution in [1.82, 2.24) is 14.9 Å². The molecule has 5 heteroatoms. The molecule has 2 heterocycles. The highest BCUT2D eigenvalue weighted by Gasteiger charge is 2.33. The van der Waals surface area contributed by atoms with E-state index >= 15 is 0 Å². The molecule has 192 valence electrons. The fraction of sp³-hybridized carbons (Fsp3) is 0.273. The molecule has 1 fully saturated rings. The van der Waals surface area contributed by atoms with Crippen LogP contribution in [0.5, 0.6) is 0 Å². The number of hydrogen-bond acceptors (Lipinski definition) is 3. The van der Waals surface area contributed by atoms with Crippen molar-refractivity contribution in [3.63, 3.8) is 0 Å². The second-order valence-corrected chi connectivity index (χ2v) is 10.4. The average Bonchev–Trinajstić information content (AvgIpc) is 3.61. The summed E-state index contributed by atoms with van der Waals surface area (Å²) in [5.74, 6) is 0.0992. The Kier molecular flexibility index (Phi) is 6.93. The van der Waals surface area contributed by atoms with Gasteiger partial charge in [0.15, 0.2) is 0 Å². The van der Waals surface area contributed by atoms with Crippen LogP contribution in [0.1, 0.15) is 54.3 Å². The molecule has 5 nitrogen and oxygen atoms in total. The lowest BCUT2D eigenvalue weighted by atomic mass is 9.83. The van der Waals surface area contributed by atoms with Crippen molar-refractivity contribution in [2.45, 2.75) is 44.2 Å². The van der Waals surface area contributed by atoms with Crippen molar-refractivity contribution in [3.8, 4) is 0 Å². The fourth-order valence-corrected chi connectivity index (χ4v) is 6.15. The largest absolute Gasteiger partial charge is 0.394 e. The highest BCUT2D eigenvalue weighted by molar-refractivity contribution is 6.05. The van der Waals surface area contributed by atoms with Crippen molar-refractivity contribution < 1.29 is 9.90 Å². The first kappa shape index (κ1) is 24.4. The summed E-state index contributed by atoms with van der Waals surface area (Å²) in [6.45, 7) is 0.608. The molecule has 5 aromatic rings. The third kappa shape index (κ3) is 4.70. The van der Waals surface area contributed by atoms with E-state index in [1.54, 1.807) is 0 Å². The first-order valence-electron chi connectivity index (χ1n) is 13.6. The van der Waals surface area contributed by atoms with E-state index in [-0.39, 0.29) is 18.4 Å². The number of hydrogen-bond donors (Lipinski definition) is 2. The van der Waals surface area contributed by atoms with Gasteiger partial charge in [0, 0.05) is 18.1 Å². The second kappa shape index (κ2) is 10.8. The molecule has 38 heavy (non-hydrogen) atoms. The van der Waals surface area contributed by atoms with E-state index in [9.17, 15) is 9.90 Å². The van der Waals surface area contributed by atoms with Gasteiger partial charge in [0.2, 0.25) is 5.91 Å². The maximum absolute atomic E-state index is 13.7. The molecule has 0 radical (unpaired) electrons. The van der Waals surface area contributed by atoms with E-state index in [2.05, 4.69) is 69.5 Å². The van der Waals surface area contributed by atoms with E-state index in [1.807, 2.05) is 42.6 Å². The van der Waals surface area contributed by atoms with Gasteiger partial charge in [-0.25, -0.2) is 0 Å². The van der Waals surface area contributed by atoms with Gasteiger partial charge in [-0.05, 0) is 53.6 Å². The summed E-state index contributed by atoms with van der Waals surface area (Å²) in [6, 6.07) is 30.4. The summed E-state index contributed by atoms with van der Waals surface area (Å²) < 4.78 is 2.32. The topological polar surface area (TPSA) is 67.2 Å². The lowest BCUT2D eigenvalue weighted by molar-refractivity contribution is -0.124. The molecule has 2 unspecified atom stereocenters. The number of carbonyl (C=O) groups excluding carboxylic acids is 1. The molecule has 2 atom stereocenters. The van der Waals surface area contributed by atoms with Crippen LogP contribution in [-0.2, 0) is 11.3 Å². The van der Waals surface area contributed by atoms with Crippen molar-refractivity contribution in [3.05, 3.63) is 114 Å². The molecule has 0 spiro atoms. The van der Waals surface area contributed by atoms with Crippen molar-refractivity contribution in [1.29, 1.82) is 0 Å². The van der Waals surface area contributed by atoms with Crippen LogP contribution < -0.4 is 5.32 Å². The Morgan fingerprint density at radius 2 is 1.58 bits per heavy atom. The summed E-state index contributed by atoms with van der Waals surface area (Å²) in [4.78, 5) is 18.3. The fourth-order valence-electron chi connectivity index (χ4n) is 6.15. The van der Waals surface area contributed by atoms with Gasteiger partial charge in [-0.1, -0.05) is 85.6 Å². The summed E-state index contributed by atoms with van der Waals surface area (Å²) in [5, 5.41) is 14.3. The van der Waals surface area contributed by atoms with Gasteiger partial charge in [0.05, 0.1) is 35.1 Å². The van der Waals surface area contributed by atoms with Gasteiger partial charge in [-0.15, -0.1) is 0 Å². The van der Waals surface area contributed by atoms with Crippen LogP contribution in [0.3, 0.4) is 0 Å². The molecule has 2 N–H and O–H groups in total. The number of aliphatic hydroxyl groups is 1. The van der Waals surface area contributed by atoms with Gasteiger partial charge in [0.1, 0.15) is 0 Å². The molecule has 1 aliphatic rings. The zero-order chi connectivity index (χ0) is 25.9. The van der Waals surface area contributed by atoms with Gasteiger partial charge in [0.25, 0.3) is 0 Å². The number of para-hydroxylation sites is 1. The number of pyridine rings is 1. The Hall–Kier alpha value is -3.96. The Bertz CT molecular complexity index is 1480. The molecule has 1 amide bonds. The SMILES string of the molecule is O=C(NC(CO)c1ccccc1)C(c1ccc(Cn2c3ccccc3c3ncccc32)cc1)C1CCCC1. The van der Waals surface area contributed by atoms with Gasteiger partial charge >= 0.3 is 0 Å². The van der Waals surface area contributed by atoms with Crippen LogP contribution in [0.2, 0.25) is 0 Å². The third-order valence-electron chi connectivity index (χ3n) is 8.06. The van der Waals surface area contributed by atoms with E-state index in [4.69, 9.17) is 0 Å². The number of benzene rings is 3. The van der Waals surface area contributed by atoms with E-state index < -0.39 is 6.04 Å². The predicted molar refractivity (Wildman–Crippen MR) is 152 cm³/mol. The molecule has 3 aromatic carbocycles. The van der Waals surface area contributed by atoms with Crippen molar-refractivity contribution in [2.75, 3.05) is 6.61 Å². The van der Waals surface area contributed by atoms with E-state index in [1.165, 1.54) is 11.1 Å². The number of rotatable bonds is 8. The minimum atomic E-state index is -0.407. The first-order chi connectivity index (χ1) is 18.7. The lowest BCUT2D eigenvalue weighted by Gasteiger charge is -2.26. The van der Waals surface area contributed by atoms with E-state index in [0.29, 0.717) is 5.92 Å². The zero-order valence-electron chi connectivity index (χ0n) is 21.5. The lowest BCUT2D eigenvalue weighted by Crippen LogP contribution is -2.37. The molecule has 0 bridgehead atoms. The molecule has 0 aliphatic heterocycles. The Balaban J connectivity index is 1.28. The van der Waals surface area contributed by atoms with Crippen molar-refractivity contribution in [2.24, 2.45) is 5.92 Å². The summed E-state index contributed by atoms with van der Waals surface area (Å²) in [6.07, 6.45) is 6.29. The summed E-state index contributed by atoms with van der Waals surface area (Å²) in [5.41, 5.74) is 6.47. The first-order valence-corrected chi connectivity index (χ1v) is 13.6. The van der Waals surface area contributed by atoms with Crippen molar-refractivity contribution >= 4 is 27.8 Å². The van der Waals surface area contributed by atoms with Gasteiger partial charge in [-0.3, -0.25) is 9.78 Å². The number of carbonyl (C=O) groups is 1. The molecular weight excluding hydrogens is 470 g/mol. The number of amides is 1. The van der Waals surface area contributed by atoms with E-state index in [0.717, 1.165) is 59.8 Å². The smallest absolute Gasteiger partial charge is 0.228 e. The number of nitrogens with one attached hydrogen (secondary N) is 1.